The third-order valence-corrected chi connectivity index (χ3v) is 2.83. The number of fused-ring (bicyclic) bond motifs is 1. The summed E-state index contributed by atoms with van der Waals surface area (Å²) in [7, 11) is 1.45. The Morgan fingerprint density at radius 2 is 2.00 bits per heavy atom. The van der Waals surface area contributed by atoms with Gasteiger partial charge in [-0.05, 0) is 17.7 Å². The Morgan fingerprint density at radius 3 is 2.61 bits per heavy atom. The molecule has 1 aliphatic rings. The van der Waals surface area contributed by atoms with Crippen LogP contribution in [0.25, 0.3) is 0 Å². The number of carbonyl (C=O) groups excluding carboxylic acids is 1. The van der Waals surface area contributed by atoms with E-state index >= 15 is 0 Å². The largest absolute Gasteiger partial charge is 0.479 e. The van der Waals surface area contributed by atoms with Gasteiger partial charge in [-0.25, -0.2) is 4.79 Å². The van der Waals surface area contributed by atoms with Crippen LogP contribution in [0.4, 0.5) is 0 Å². The highest BCUT2D eigenvalue weighted by Crippen LogP contribution is 2.35. The molecular weight excluding hydrogens is 238 g/mol. The third-order valence-electron chi connectivity index (χ3n) is 2.83. The number of carboxylic acid groups (broad SMARTS) is 1. The first-order chi connectivity index (χ1) is 8.50. The van der Waals surface area contributed by atoms with E-state index in [-0.39, 0.29) is 12.7 Å². The molecule has 18 heavy (non-hydrogen) atoms. The first-order valence-electron chi connectivity index (χ1n) is 5.36. The van der Waals surface area contributed by atoms with E-state index in [0.29, 0.717) is 17.1 Å². The van der Waals surface area contributed by atoms with E-state index in [0.717, 1.165) is 0 Å². The van der Waals surface area contributed by atoms with Gasteiger partial charge in [0.1, 0.15) is 0 Å². The van der Waals surface area contributed by atoms with E-state index in [1.165, 1.54) is 18.9 Å². The van der Waals surface area contributed by atoms with Crippen molar-refractivity contribution in [3.63, 3.8) is 0 Å². The fourth-order valence-corrected chi connectivity index (χ4v) is 1.80. The van der Waals surface area contributed by atoms with Gasteiger partial charge in [0.2, 0.25) is 12.7 Å². The summed E-state index contributed by atoms with van der Waals surface area (Å²) in [6.45, 7) is 1.45. The quantitative estimate of drug-likeness (QED) is 0.867. The Bertz CT molecular complexity index is 499. The number of carbonyl (C=O) groups is 2. The van der Waals surface area contributed by atoms with Crippen LogP contribution in [-0.2, 0) is 9.59 Å². The van der Waals surface area contributed by atoms with Gasteiger partial charge in [-0.1, -0.05) is 6.07 Å². The first-order valence-corrected chi connectivity index (χ1v) is 5.36. The zero-order valence-electron chi connectivity index (χ0n) is 10.0. The molecule has 0 aliphatic carbocycles. The average Bonchev–Trinajstić information content (AvgIpc) is 2.75. The van der Waals surface area contributed by atoms with Gasteiger partial charge in [-0.2, -0.15) is 0 Å². The smallest absolute Gasteiger partial charge is 0.331 e. The molecule has 6 heteroatoms. The Labute approximate surface area is 104 Å². The van der Waals surface area contributed by atoms with Gasteiger partial charge >= 0.3 is 5.97 Å². The predicted molar refractivity (Wildman–Crippen MR) is 61.4 cm³/mol. The van der Waals surface area contributed by atoms with Gasteiger partial charge in [0.25, 0.3) is 0 Å². The van der Waals surface area contributed by atoms with Crippen molar-refractivity contribution in [2.75, 3.05) is 13.8 Å². The van der Waals surface area contributed by atoms with Crippen LogP contribution in [0.1, 0.15) is 18.5 Å². The Balaban J connectivity index is 2.37. The molecule has 1 heterocycles. The van der Waals surface area contributed by atoms with Crippen LogP contribution in [0, 0.1) is 0 Å². The van der Waals surface area contributed by atoms with Gasteiger partial charge < -0.3 is 19.5 Å². The molecule has 0 spiro atoms. The molecule has 2 rings (SSSR count). The summed E-state index contributed by atoms with van der Waals surface area (Å²) >= 11 is 0. The number of benzene rings is 1. The Hall–Kier alpha value is -2.24. The van der Waals surface area contributed by atoms with E-state index in [1.807, 2.05) is 0 Å². The van der Waals surface area contributed by atoms with E-state index in [1.54, 1.807) is 18.2 Å². The second-order valence-electron chi connectivity index (χ2n) is 3.98. The summed E-state index contributed by atoms with van der Waals surface area (Å²) in [4.78, 5) is 23.7. The summed E-state index contributed by atoms with van der Waals surface area (Å²) in [5.41, 5.74) is 0.476. The second-order valence-corrected chi connectivity index (χ2v) is 3.98. The van der Waals surface area contributed by atoms with Crippen molar-refractivity contribution < 1.29 is 24.2 Å². The molecule has 1 aromatic rings. The van der Waals surface area contributed by atoms with Crippen molar-refractivity contribution in [2.24, 2.45) is 0 Å². The lowest BCUT2D eigenvalue weighted by molar-refractivity contribution is -0.148. The minimum absolute atomic E-state index is 0.124. The molecule has 1 N–H and O–H groups in total. The fraction of sp³-hybridized carbons (Fsp3) is 0.333. The number of rotatable bonds is 3. The zero-order valence-corrected chi connectivity index (χ0v) is 10.0. The molecule has 1 atom stereocenters. The zero-order chi connectivity index (χ0) is 13.3. The van der Waals surface area contributed by atoms with Gasteiger partial charge in [-0.3, -0.25) is 4.79 Å². The number of hydrogen-bond donors (Lipinski definition) is 1. The molecule has 0 saturated heterocycles. The maximum absolute atomic E-state index is 11.3. The summed E-state index contributed by atoms with van der Waals surface area (Å²) in [5, 5.41) is 9.23. The number of carboxylic acids is 1. The summed E-state index contributed by atoms with van der Waals surface area (Å²) in [6, 6.07) is 3.81. The van der Waals surface area contributed by atoms with Crippen molar-refractivity contribution in [3.05, 3.63) is 23.8 Å². The molecule has 0 bridgehead atoms. The van der Waals surface area contributed by atoms with Gasteiger partial charge in [0, 0.05) is 14.0 Å². The molecule has 1 aliphatic heterocycles. The Morgan fingerprint density at radius 1 is 1.33 bits per heavy atom. The number of nitrogens with zero attached hydrogens (tertiary/aromatic N) is 1. The van der Waals surface area contributed by atoms with E-state index in [4.69, 9.17) is 9.47 Å². The molecule has 1 aromatic carbocycles. The van der Waals surface area contributed by atoms with Crippen LogP contribution in [0.2, 0.25) is 0 Å². The van der Waals surface area contributed by atoms with Crippen LogP contribution >= 0.6 is 0 Å². The number of ether oxygens (including phenoxy) is 2. The van der Waals surface area contributed by atoms with E-state index in [9.17, 15) is 14.7 Å². The van der Waals surface area contributed by atoms with Gasteiger partial charge in [-0.15, -0.1) is 0 Å². The Kier molecular flexibility index (Phi) is 3.10. The minimum atomic E-state index is -1.09. The number of likely N-dealkylation sites (N-methyl/N-ethyl adjacent to an activating group) is 1. The van der Waals surface area contributed by atoms with Gasteiger partial charge in [0.15, 0.2) is 17.5 Å². The number of aliphatic carboxylic acids is 1. The highest BCUT2D eigenvalue weighted by Gasteiger charge is 2.28. The molecular formula is C12H13NO5. The van der Waals surface area contributed by atoms with Crippen LogP contribution < -0.4 is 9.47 Å². The lowest BCUT2D eigenvalue weighted by Gasteiger charge is -2.23. The topological polar surface area (TPSA) is 76.1 Å². The number of amides is 1. The lowest BCUT2D eigenvalue weighted by Crippen LogP contribution is -2.34. The van der Waals surface area contributed by atoms with Crippen molar-refractivity contribution in [3.8, 4) is 11.5 Å². The molecule has 0 fully saturated rings. The first kappa shape index (κ1) is 12.2. The molecule has 0 radical (unpaired) electrons. The molecule has 1 unspecified atom stereocenters. The van der Waals surface area contributed by atoms with Crippen LogP contribution in [0.3, 0.4) is 0 Å². The maximum Gasteiger partial charge on any atom is 0.331 e. The van der Waals surface area contributed by atoms with Crippen molar-refractivity contribution in [2.45, 2.75) is 13.0 Å². The number of hydrogen-bond acceptors (Lipinski definition) is 4. The summed E-state index contributed by atoms with van der Waals surface area (Å²) in [6.07, 6.45) is 0. The highest BCUT2D eigenvalue weighted by atomic mass is 16.7. The van der Waals surface area contributed by atoms with Crippen LogP contribution in [-0.4, -0.2) is 35.7 Å². The van der Waals surface area contributed by atoms with Crippen LogP contribution in [0.5, 0.6) is 11.5 Å². The van der Waals surface area contributed by atoms with E-state index in [2.05, 4.69) is 0 Å². The fourth-order valence-electron chi connectivity index (χ4n) is 1.80. The SMILES string of the molecule is CC(=O)N(C)C(C(=O)O)c1ccc2c(c1)OCO2. The lowest BCUT2D eigenvalue weighted by atomic mass is 10.1. The highest BCUT2D eigenvalue weighted by molar-refractivity contribution is 5.83. The predicted octanol–water partition coefficient (Wildman–Crippen LogP) is 1.02. The molecule has 1 amide bonds. The van der Waals surface area contributed by atoms with Crippen LogP contribution in [0.15, 0.2) is 18.2 Å². The van der Waals surface area contributed by atoms with Crippen molar-refractivity contribution >= 4 is 11.9 Å². The maximum atomic E-state index is 11.3. The second kappa shape index (κ2) is 4.56. The molecule has 96 valence electrons. The monoisotopic (exact) mass is 251 g/mol. The minimum Gasteiger partial charge on any atom is -0.479 e. The summed E-state index contributed by atoms with van der Waals surface area (Å²) in [5.74, 6) is -0.337. The third kappa shape index (κ3) is 2.09. The molecule has 0 saturated carbocycles. The van der Waals surface area contributed by atoms with Crippen molar-refractivity contribution in [1.82, 2.24) is 4.90 Å². The standard InChI is InChI=1S/C12H13NO5/c1-7(14)13(2)11(12(15)16)8-3-4-9-10(5-8)18-6-17-9/h3-5,11H,6H2,1-2H3,(H,15,16). The van der Waals surface area contributed by atoms with Gasteiger partial charge in [0.05, 0.1) is 0 Å². The van der Waals surface area contributed by atoms with E-state index < -0.39 is 12.0 Å². The normalized spacial score (nSPS) is 14.1. The van der Waals surface area contributed by atoms with Crippen molar-refractivity contribution in [1.29, 1.82) is 0 Å². The molecule has 6 nitrogen and oxygen atoms in total. The molecule has 0 aromatic heterocycles. The average molecular weight is 251 g/mol. The summed E-state index contributed by atoms with van der Waals surface area (Å²) < 4.78 is 10.3.